The van der Waals surface area contributed by atoms with E-state index in [4.69, 9.17) is 16.3 Å². The molecule has 2 rings (SSSR count). The molecule has 96 valence electrons. The zero-order valence-electron chi connectivity index (χ0n) is 10.5. The monoisotopic (exact) mass is 344 g/mol. The Labute approximate surface area is 125 Å². The molecule has 18 heavy (non-hydrogen) atoms. The lowest BCUT2D eigenvalue weighted by molar-refractivity contribution is 0.410. The Morgan fingerprint density at radius 3 is 2.50 bits per heavy atom. The number of ether oxygens (including phenoxy) is 1. The van der Waals surface area contributed by atoms with Gasteiger partial charge in [-0.25, -0.2) is 0 Å². The Morgan fingerprint density at radius 2 is 1.94 bits per heavy atom. The number of alkyl halides is 1. The Morgan fingerprint density at radius 1 is 1.22 bits per heavy atom. The topological polar surface area (TPSA) is 9.23 Å². The van der Waals surface area contributed by atoms with Crippen LogP contribution in [-0.2, 0) is 0 Å². The van der Waals surface area contributed by atoms with Crippen LogP contribution in [0.25, 0.3) is 0 Å². The molecule has 0 saturated carbocycles. The van der Waals surface area contributed by atoms with Crippen LogP contribution >= 0.6 is 38.9 Å². The van der Waals surface area contributed by atoms with Gasteiger partial charge in [-0.3, -0.25) is 0 Å². The molecule has 0 amide bonds. The van der Waals surface area contributed by atoms with Gasteiger partial charge in [-0.15, -0.1) is 11.3 Å². The minimum Gasteiger partial charge on any atom is -0.496 e. The molecule has 0 bridgehead atoms. The van der Waals surface area contributed by atoms with Gasteiger partial charge in [0.2, 0.25) is 0 Å². The fourth-order valence-corrected chi connectivity index (χ4v) is 4.10. The summed E-state index contributed by atoms with van der Waals surface area (Å²) in [4.78, 5) is 2.74. The van der Waals surface area contributed by atoms with Crippen molar-refractivity contribution in [1.82, 2.24) is 0 Å². The van der Waals surface area contributed by atoms with E-state index in [9.17, 15) is 0 Å². The van der Waals surface area contributed by atoms with Crippen molar-refractivity contribution in [2.75, 3.05) is 7.11 Å². The van der Waals surface area contributed by atoms with Crippen molar-refractivity contribution in [2.24, 2.45) is 0 Å². The predicted octanol–water partition coefficient (Wildman–Crippen LogP) is 5.51. The molecule has 0 aliphatic heterocycles. The summed E-state index contributed by atoms with van der Waals surface area (Å²) < 4.78 is 5.40. The van der Waals surface area contributed by atoms with E-state index >= 15 is 0 Å². The second-order valence-electron chi connectivity index (χ2n) is 4.12. The molecule has 1 aromatic carbocycles. The second kappa shape index (κ2) is 5.64. The molecular formula is C14H14BrClOS. The molecule has 0 fully saturated rings. The van der Waals surface area contributed by atoms with Crippen LogP contribution in [0.5, 0.6) is 5.75 Å². The van der Waals surface area contributed by atoms with Crippen molar-refractivity contribution < 1.29 is 4.74 Å². The third kappa shape index (κ3) is 2.73. The number of aryl methyl sites for hydroxylation is 2. The van der Waals surface area contributed by atoms with Gasteiger partial charge in [-0.2, -0.15) is 0 Å². The fourth-order valence-electron chi connectivity index (χ4n) is 1.97. The van der Waals surface area contributed by atoms with Gasteiger partial charge < -0.3 is 4.74 Å². The van der Waals surface area contributed by atoms with Crippen LogP contribution in [0.15, 0.2) is 24.3 Å². The smallest absolute Gasteiger partial charge is 0.123 e. The number of hydrogen-bond acceptors (Lipinski definition) is 2. The van der Waals surface area contributed by atoms with E-state index in [2.05, 4.69) is 35.8 Å². The summed E-state index contributed by atoms with van der Waals surface area (Å²) >= 11 is 11.6. The maximum Gasteiger partial charge on any atom is 0.123 e. The van der Waals surface area contributed by atoms with Gasteiger partial charge in [0.25, 0.3) is 0 Å². The van der Waals surface area contributed by atoms with Crippen molar-refractivity contribution in [2.45, 2.75) is 18.7 Å². The Balaban J connectivity index is 2.48. The summed E-state index contributed by atoms with van der Waals surface area (Å²) in [7, 11) is 1.68. The van der Waals surface area contributed by atoms with Crippen LogP contribution < -0.4 is 4.74 Å². The normalized spacial score (nSPS) is 12.5. The Kier molecular flexibility index (Phi) is 4.36. The lowest BCUT2D eigenvalue weighted by Gasteiger charge is -2.14. The van der Waals surface area contributed by atoms with Crippen molar-refractivity contribution in [3.05, 3.63) is 50.2 Å². The van der Waals surface area contributed by atoms with Crippen molar-refractivity contribution in [3.8, 4) is 5.75 Å². The summed E-state index contributed by atoms with van der Waals surface area (Å²) in [5.74, 6) is 0.851. The summed E-state index contributed by atoms with van der Waals surface area (Å²) in [6.45, 7) is 4.26. The maximum atomic E-state index is 6.08. The maximum absolute atomic E-state index is 6.08. The second-order valence-corrected chi connectivity index (χ2v) is 6.93. The molecular weight excluding hydrogens is 332 g/mol. The van der Waals surface area contributed by atoms with Crippen LogP contribution in [0.2, 0.25) is 5.02 Å². The minimum absolute atomic E-state index is 0.107. The highest BCUT2D eigenvalue weighted by Gasteiger charge is 2.19. The summed E-state index contributed by atoms with van der Waals surface area (Å²) in [6.07, 6.45) is 0. The van der Waals surface area contributed by atoms with E-state index in [0.717, 1.165) is 16.3 Å². The van der Waals surface area contributed by atoms with E-state index in [1.807, 2.05) is 18.2 Å². The average Bonchev–Trinajstić information content (AvgIpc) is 2.67. The number of methoxy groups -OCH3 is 1. The fraction of sp³-hybridized carbons (Fsp3) is 0.286. The molecule has 1 unspecified atom stereocenters. The SMILES string of the molecule is COc1ccc(Cl)cc1C(Br)c1cc(C)sc1C. The van der Waals surface area contributed by atoms with Gasteiger partial charge in [0, 0.05) is 20.3 Å². The van der Waals surface area contributed by atoms with Crippen molar-refractivity contribution >= 4 is 38.9 Å². The zero-order chi connectivity index (χ0) is 13.3. The first-order chi connectivity index (χ1) is 8.52. The number of rotatable bonds is 3. The molecule has 0 aliphatic carbocycles. The van der Waals surface area contributed by atoms with Crippen LogP contribution in [0, 0.1) is 13.8 Å². The molecule has 4 heteroatoms. The molecule has 1 aromatic heterocycles. The largest absolute Gasteiger partial charge is 0.496 e. The highest BCUT2D eigenvalue weighted by atomic mass is 79.9. The molecule has 1 atom stereocenters. The van der Waals surface area contributed by atoms with Gasteiger partial charge in [0.1, 0.15) is 5.75 Å². The molecule has 0 radical (unpaired) electrons. The predicted molar refractivity (Wildman–Crippen MR) is 82.6 cm³/mol. The Hall–Kier alpha value is -0.510. The van der Waals surface area contributed by atoms with Crippen molar-refractivity contribution in [3.63, 3.8) is 0 Å². The first-order valence-corrected chi connectivity index (χ1v) is 7.68. The lowest BCUT2D eigenvalue weighted by atomic mass is 10.0. The van der Waals surface area contributed by atoms with Crippen molar-refractivity contribution in [1.29, 1.82) is 0 Å². The third-order valence-corrected chi connectivity index (χ3v) is 5.02. The molecule has 2 aromatic rings. The lowest BCUT2D eigenvalue weighted by Crippen LogP contribution is -1.97. The highest BCUT2D eigenvalue weighted by Crippen LogP contribution is 2.41. The Bertz CT molecular complexity index is 565. The van der Waals surface area contributed by atoms with E-state index in [1.165, 1.54) is 15.3 Å². The van der Waals surface area contributed by atoms with Crippen LogP contribution in [0.1, 0.15) is 25.7 Å². The van der Waals surface area contributed by atoms with Gasteiger partial charge in [-0.1, -0.05) is 27.5 Å². The quantitative estimate of drug-likeness (QED) is 0.666. The first-order valence-electron chi connectivity index (χ1n) is 5.57. The van der Waals surface area contributed by atoms with E-state index in [0.29, 0.717) is 0 Å². The van der Waals surface area contributed by atoms with E-state index < -0.39 is 0 Å². The minimum atomic E-state index is 0.107. The highest BCUT2D eigenvalue weighted by molar-refractivity contribution is 9.09. The molecule has 0 saturated heterocycles. The number of thiophene rings is 1. The molecule has 0 spiro atoms. The molecule has 0 aliphatic rings. The molecule has 1 heterocycles. The average molecular weight is 346 g/mol. The van der Waals surface area contributed by atoms with Gasteiger partial charge >= 0.3 is 0 Å². The number of halogens is 2. The van der Waals surface area contributed by atoms with Gasteiger partial charge in [0.15, 0.2) is 0 Å². The van der Waals surface area contributed by atoms with Crippen LogP contribution in [0.3, 0.4) is 0 Å². The first kappa shape index (κ1) is 13.9. The van der Waals surface area contributed by atoms with E-state index in [1.54, 1.807) is 18.4 Å². The molecule has 1 nitrogen and oxygen atoms in total. The standard InChI is InChI=1S/C14H14BrClOS/c1-8-6-11(9(2)18-8)14(15)12-7-10(16)4-5-13(12)17-3/h4-7,14H,1-3H3. The summed E-state index contributed by atoms with van der Waals surface area (Å²) in [5, 5.41) is 0.722. The number of benzene rings is 1. The van der Waals surface area contributed by atoms with E-state index in [-0.39, 0.29) is 4.83 Å². The van der Waals surface area contributed by atoms with Crippen LogP contribution in [0.4, 0.5) is 0 Å². The third-order valence-electron chi connectivity index (χ3n) is 2.82. The molecule has 0 N–H and O–H groups in total. The van der Waals surface area contributed by atoms with Gasteiger partial charge in [0.05, 0.1) is 11.9 Å². The van der Waals surface area contributed by atoms with Gasteiger partial charge in [-0.05, 0) is 43.7 Å². The van der Waals surface area contributed by atoms with Crippen LogP contribution in [-0.4, -0.2) is 7.11 Å². The number of hydrogen-bond donors (Lipinski definition) is 0. The summed E-state index contributed by atoms with van der Waals surface area (Å²) in [5.41, 5.74) is 2.34. The summed E-state index contributed by atoms with van der Waals surface area (Å²) in [6, 6.07) is 7.90. The zero-order valence-corrected chi connectivity index (χ0v) is 13.6.